The highest BCUT2D eigenvalue weighted by molar-refractivity contribution is 7.99. The fraction of sp³-hybridized carbons (Fsp3) is 0.500. The topological polar surface area (TPSA) is 42.2 Å². The monoisotopic (exact) mass is 211 g/mol. The SMILES string of the molecule is O=C(CC1CSCCN1)c1ccco1. The number of thioether (sulfide) groups is 1. The van der Waals surface area contributed by atoms with E-state index >= 15 is 0 Å². The van der Waals surface area contributed by atoms with Crippen LogP contribution in [0.2, 0.25) is 0 Å². The van der Waals surface area contributed by atoms with Crippen molar-refractivity contribution in [3.05, 3.63) is 24.2 Å². The van der Waals surface area contributed by atoms with Gasteiger partial charge in [-0.1, -0.05) is 0 Å². The molecule has 2 rings (SSSR count). The average Bonchev–Trinajstić information content (AvgIpc) is 2.72. The van der Waals surface area contributed by atoms with Crippen molar-refractivity contribution in [2.45, 2.75) is 12.5 Å². The van der Waals surface area contributed by atoms with E-state index in [1.54, 1.807) is 12.1 Å². The molecule has 0 aromatic carbocycles. The molecule has 1 aliphatic rings. The summed E-state index contributed by atoms with van der Waals surface area (Å²) in [5.41, 5.74) is 0. The van der Waals surface area contributed by atoms with Crippen LogP contribution in [0.15, 0.2) is 22.8 Å². The van der Waals surface area contributed by atoms with Crippen molar-refractivity contribution in [2.24, 2.45) is 0 Å². The number of Topliss-reactive ketones (excluding diaryl/α,β-unsaturated/α-hetero) is 1. The third-order valence-corrected chi connectivity index (χ3v) is 3.36. The van der Waals surface area contributed by atoms with E-state index in [1.807, 2.05) is 11.8 Å². The van der Waals surface area contributed by atoms with Crippen LogP contribution >= 0.6 is 11.8 Å². The Morgan fingerprint density at radius 2 is 2.64 bits per heavy atom. The van der Waals surface area contributed by atoms with Crippen molar-refractivity contribution < 1.29 is 9.21 Å². The molecule has 1 fully saturated rings. The molecule has 1 aliphatic heterocycles. The number of hydrogen-bond donors (Lipinski definition) is 1. The van der Waals surface area contributed by atoms with Gasteiger partial charge in [-0.2, -0.15) is 11.8 Å². The molecule has 0 spiro atoms. The Balaban J connectivity index is 1.87. The third-order valence-electron chi connectivity index (χ3n) is 2.23. The first-order chi connectivity index (χ1) is 6.86. The van der Waals surface area contributed by atoms with Gasteiger partial charge in [0.1, 0.15) is 0 Å². The van der Waals surface area contributed by atoms with Crippen LogP contribution in [0.25, 0.3) is 0 Å². The number of rotatable bonds is 3. The highest BCUT2D eigenvalue weighted by atomic mass is 32.2. The lowest BCUT2D eigenvalue weighted by Gasteiger charge is -2.21. The molecule has 0 amide bonds. The fourth-order valence-corrected chi connectivity index (χ4v) is 2.46. The molecule has 4 heteroatoms. The quantitative estimate of drug-likeness (QED) is 0.770. The molecule has 1 atom stereocenters. The van der Waals surface area contributed by atoms with Crippen molar-refractivity contribution in [3.8, 4) is 0 Å². The van der Waals surface area contributed by atoms with Crippen LogP contribution in [-0.4, -0.2) is 29.9 Å². The second-order valence-electron chi connectivity index (χ2n) is 3.33. The predicted molar refractivity (Wildman–Crippen MR) is 56.8 cm³/mol. The second kappa shape index (κ2) is 4.66. The Morgan fingerprint density at radius 1 is 1.71 bits per heavy atom. The first-order valence-electron chi connectivity index (χ1n) is 4.74. The Morgan fingerprint density at radius 3 is 3.29 bits per heavy atom. The minimum Gasteiger partial charge on any atom is -0.461 e. The van der Waals surface area contributed by atoms with Crippen molar-refractivity contribution in [1.82, 2.24) is 5.32 Å². The van der Waals surface area contributed by atoms with Crippen LogP contribution in [0.5, 0.6) is 0 Å². The molecule has 0 bridgehead atoms. The molecule has 1 aromatic rings. The Kier molecular flexibility index (Phi) is 3.26. The van der Waals surface area contributed by atoms with Crippen LogP contribution in [0.1, 0.15) is 17.0 Å². The molecule has 14 heavy (non-hydrogen) atoms. The maximum absolute atomic E-state index is 11.6. The van der Waals surface area contributed by atoms with Crippen LogP contribution in [-0.2, 0) is 0 Å². The standard InChI is InChI=1S/C10H13NO2S/c12-9(10-2-1-4-13-10)6-8-7-14-5-3-11-8/h1-2,4,8,11H,3,5-7H2. The number of nitrogens with one attached hydrogen (secondary N) is 1. The predicted octanol–water partition coefficient (Wildman–Crippen LogP) is 1.56. The van der Waals surface area contributed by atoms with Gasteiger partial charge in [-0.15, -0.1) is 0 Å². The molecule has 0 saturated carbocycles. The Bertz CT molecular complexity index is 291. The van der Waals surface area contributed by atoms with Gasteiger partial charge in [0.2, 0.25) is 0 Å². The summed E-state index contributed by atoms with van der Waals surface area (Å²) in [6, 6.07) is 3.78. The van der Waals surface area contributed by atoms with Gasteiger partial charge < -0.3 is 9.73 Å². The number of furan rings is 1. The number of ketones is 1. The van der Waals surface area contributed by atoms with E-state index in [-0.39, 0.29) is 5.78 Å². The van der Waals surface area contributed by atoms with Gasteiger partial charge in [-0.05, 0) is 12.1 Å². The Hall–Kier alpha value is -0.740. The summed E-state index contributed by atoms with van der Waals surface area (Å²) in [6.45, 7) is 1.00. The van der Waals surface area contributed by atoms with Gasteiger partial charge in [0.25, 0.3) is 0 Å². The number of carbonyl (C=O) groups excluding carboxylic acids is 1. The van der Waals surface area contributed by atoms with Crippen LogP contribution in [0, 0.1) is 0 Å². The molecular weight excluding hydrogens is 198 g/mol. The van der Waals surface area contributed by atoms with Crippen molar-refractivity contribution in [1.29, 1.82) is 0 Å². The lowest BCUT2D eigenvalue weighted by Crippen LogP contribution is -2.38. The third kappa shape index (κ3) is 2.39. The van der Waals surface area contributed by atoms with Crippen molar-refractivity contribution in [3.63, 3.8) is 0 Å². The summed E-state index contributed by atoms with van der Waals surface area (Å²) in [6.07, 6.45) is 2.08. The molecule has 2 heterocycles. The Labute approximate surface area is 87.2 Å². The van der Waals surface area contributed by atoms with E-state index in [9.17, 15) is 4.79 Å². The first kappa shape index (κ1) is 9.80. The zero-order valence-corrected chi connectivity index (χ0v) is 8.68. The van der Waals surface area contributed by atoms with Gasteiger partial charge >= 0.3 is 0 Å². The minimum absolute atomic E-state index is 0.0926. The largest absolute Gasteiger partial charge is 0.461 e. The normalized spacial score (nSPS) is 22.1. The van der Waals surface area contributed by atoms with Crippen LogP contribution in [0.4, 0.5) is 0 Å². The highest BCUT2D eigenvalue weighted by Crippen LogP contribution is 2.13. The summed E-state index contributed by atoms with van der Waals surface area (Å²) < 4.78 is 5.05. The number of carbonyl (C=O) groups is 1. The van der Waals surface area contributed by atoms with E-state index in [1.165, 1.54) is 6.26 Å². The van der Waals surface area contributed by atoms with E-state index in [2.05, 4.69) is 5.32 Å². The average molecular weight is 211 g/mol. The van der Waals surface area contributed by atoms with Gasteiger partial charge in [-0.25, -0.2) is 0 Å². The van der Waals surface area contributed by atoms with E-state index in [0.29, 0.717) is 18.2 Å². The molecule has 76 valence electrons. The van der Waals surface area contributed by atoms with E-state index < -0.39 is 0 Å². The lowest BCUT2D eigenvalue weighted by atomic mass is 10.1. The molecule has 1 unspecified atom stereocenters. The van der Waals surface area contributed by atoms with Crippen molar-refractivity contribution >= 4 is 17.5 Å². The van der Waals surface area contributed by atoms with E-state index in [4.69, 9.17) is 4.42 Å². The summed E-state index contributed by atoms with van der Waals surface area (Å²) >= 11 is 1.90. The molecule has 0 radical (unpaired) electrons. The summed E-state index contributed by atoms with van der Waals surface area (Å²) in [5.74, 6) is 2.73. The minimum atomic E-state index is 0.0926. The van der Waals surface area contributed by atoms with Gasteiger partial charge in [0.05, 0.1) is 6.26 Å². The first-order valence-corrected chi connectivity index (χ1v) is 5.89. The van der Waals surface area contributed by atoms with E-state index in [0.717, 1.165) is 18.1 Å². The van der Waals surface area contributed by atoms with Crippen LogP contribution in [0.3, 0.4) is 0 Å². The number of hydrogen-bond acceptors (Lipinski definition) is 4. The summed E-state index contributed by atoms with van der Waals surface area (Å²) in [5, 5.41) is 3.33. The maximum Gasteiger partial charge on any atom is 0.199 e. The zero-order chi connectivity index (χ0) is 9.80. The lowest BCUT2D eigenvalue weighted by molar-refractivity contribution is 0.0945. The fourth-order valence-electron chi connectivity index (χ4n) is 1.51. The molecule has 1 saturated heterocycles. The highest BCUT2D eigenvalue weighted by Gasteiger charge is 2.18. The molecule has 0 aliphatic carbocycles. The molecular formula is C10H13NO2S. The molecule has 1 aromatic heterocycles. The zero-order valence-electron chi connectivity index (χ0n) is 7.86. The van der Waals surface area contributed by atoms with Gasteiger partial charge in [0.15, 0.2) is 11.5 Å². The summed E-state index contributed by atoms with van der Waals surface area (Å²) in [7, 11) is 0. The smallest absolute Gasteiger partial charge is 0.199 e. The molecule has 1 N–H and O–H groups in total. The molecule has 3 nitrogen and oxygen atoms in total. The maximum atomic E-state index is 11.6. The van der Waals surface area contributed by atoms with Gasteiger partial charge in [-0.3, -0.25) is 4.79 Å². The van der Waals surface area contributed by atoms with Crippen molar-refractivity contribution in [2.75, 3.05) is 18.1 Å². The van der Waals surface area contributed by atoms with Gasteiger partial charge in [0, 0.05) is 30.5 Å². The second-order valence-corrected chi connectivity index (χ2v) is 4.48. The van der Waals surface area contributed by atoms with Crippen LogP contribution < -0.4 is 5.32 Å². The summed E-state index contributed by atoms with van der Waals surface area (Å²) in [4.78, 5) is 11.6.